The average Bonchev–Trinajstić information content (AvgIpc) is 2.66. The third-order valence-electron chi connectivity index (χ3n) is 2.74. The summed E-state index contributed by atoms with van der Waals surface area (Å²) in [5.74, 6) is 1.84. The fourth-order valence-electron chi connectivity index (χ4n) is 1.89. The van der Waals surface area contributed by atoms with Crippen LogP contribution < -0.4 is 5.32 Å². The van der Waals surface area contributed by atoms with Crippen LogP contribution in [-0.2, 0) is 6.54 Å². The van der Waals surface area contributed by atoms with E-state index >= 15 is 0 Å². The first-order valence-electron chi connectivity index (χ1n) is 5.44. The van der Waals surface area contributed by atoms with Crippen molar-refractivity contribution < 1.29 is 4.42 Å². The van der Waals surface area contributed by atoms with Gasteiger partial charge in [0.1, 0.15) is 5.76 Å². The van der Waals surface area contributed by atoms with Crippen LogP contribution in [-0.4, -0.2) is 6.54 Å². The molecule has 0 radical (unpaired) electrons. The first-order chi connectivity index (χ1) is 7.34. The van der Waals surface area contributed by atoms with E-state index < -0.39 is 0 Å². The van der Waals surface area contributed by atoms with E-state index in [1.807, 2.05) is 12.1 Å². The van der Waals surface area contributed by atoms with Gasteiger partial charge < -0.3 is 9.73 Å². The summed E-state index contributed by atoms with van der Waals surface area (Å²) in [5, 5.41) is 3.45. The highest BCUT2D eigenvalue weighted by Crippen LogP contribution is 2.17. The molecule has 1 heterocycles. The molecule has 82 valence electrons. The van der Waals surface area contributed by atoms with E-state index in [2.05, 4.69) is 40.1 Å². The Bertz CT molecular complexity index is 332. The van der Waals surface area contributed by atoms with E-state index in [9.17, 15) is 0 Å². The van der Waals surface area contributed by atoms with E-state index in [4.69, 9.17) is 4.42 Å². The smallest absolute Gasteiger partial charge is 0.164 e. The van der Waals surface area contributed by atoms with Crippen LogP contribution in [0.5, 0.6) is 0 Å². The summed E-state index contributed by atoms with van der Waals surface area (Å²) in [4.78, 5) is 0. The van der Waals surface area contributed by atoms with Gasteiger partial charge >= 0.3 is 0 Å². The van der Waals surface area contributed by atoms with Crippen molar-refractivity contribution in [2.24, 2.45) is 5.92 Å². The van der Waals surface area contributed by atoms with E-state index in [0.717, 1.165) is 28.5 Å². The quantitative estimate of drug-likeness (QED) is 0.681. The molecule has 0 aromatic carbocycles. The van der Waals surface area contributed by atoms with Gasteiger partial charge in [-0.25, -0.2) is 0 Å². The monoisotopic (exact) mass is 317 g/mol. The van der Waals surface area contributed by atoms with Crippen LogP contribution in [0.4, 0.5) is 0 Å². The minimum Gasteiger partial charge on any atom is -0.454 e. The molecule has 0 aliphatic heterocycles. The zero-order chi connectivity index (χ0) is 10.5. The summed E-state index contributed by atoms with van der Waals surface area (Å²) < 4.78 is 6.45. The first-order valence-corrected chi connectivity index (χ1v) is 6.52. The van der Waals surface area contributed by atoms with E-state index in [-0.39, 0.29) is 0 Å². The number of furan rings is 1. The Morgan fingerprint density at radius 3 is 3.00 bits per heavy atom. The molecule has 15 heavy (non-hydrogen) atoms. The maximum Gasteiger partial charge on any atom is 0.164 e. The lowest BCUT2D eigenvalue weighted by Gasteiger charge is -2.17. The molecule has 2 nitrogen and oxygen atoms in total. The van der Waals surface area contributed by atoms with Crippen LogP contribution in [0.25, 0.3) is 0 Å². The van der Waals surface area contributed by atoms with Crippen LogP contribution in [0, 0.1) is 9.68 Å². The Balaban J connectivity index is 1.68. The molecule has 1 N–H and O–H groups in total. The average molecular weight is 317 g/mol. The van der Waals surface area contributed by atoms with Crippen molar-refractivity contribution in [1.82, 2.24) is 5.32 Å². The van der Waals surface area contributed by atoms with Gasteiger partial charge in [0, 0.05) is 0 Å². The molecule has 1 aromatic rings. The number of allylic oxidation sites excluding steroid dienone is 2. The molecule has 1 atom stereocenters. The predicted molar refractivity (Wildman–Crippen MR) is 69.6 cm³/mol. The molecule has 0 saturated heterocycles. The van der Waals surface area contributed by atoms with Crippen molar-refractivity contribution >= 4 is 22.6 Å². The third kappa shape index (κ3) is 3.65. The fourth-order valence-corrected chi connectivity index (χ4v) is 2.35. The summed E-state index contributed by atoms with van der Waals surface area (Å²) in [7, 11) is 0. The van der Waals surface area contributed by atoms with Gasteiger partial charge in [0.2, 0.25) is 0 Å². The number of halogens is 1. The fraction of sp³-hybridized carbons (Fsp3) is 0.500. The van der Waals surface area contributed by atoms with Gasteiger partial charge in [0.25, 0.3) is 0 Å². The van der Waals surface area contributed by atoms with Gasteiger partial charge in [-0.15, -0.1) is 0 Å². The minimum absolute atomic E-state index is 0.809. The Kier molecular flexibility index (Phi) is 4.26. The highest BCUT2D eigenvalue weighted by atomic mass is 127. The molecule has 1 aliphatic carbocycles. The van der Waals surface area contributed by atoms with Gasteiger partial charge in [0.15, 0.2) is 3.77 Å². The molecule has 1 aliphatic rings. The van der Waals surface area contributed by atoms with Crippen LogP contribution >= 0.6 is 22.6 Å². The van der Waals surface area contributed by atoms with E-state index in [1.54, 1.807) is 0 Å². The summed E-state index contributed by atoms with van der Waals surface area (Å²) in [6.07, 6.45) is 8.37. The van der Waals surface area contributed by atoms with Gasteiger partial charge in [-0.2, -0.15) is 0 Å². The molecule has 0 spiro atoms. The van der Waals surface area contributed by atoms with Gasteiger partial charge in [-0.1, -0.05) is 12.2 Å². The lowest BCUT2D eigenvalue weighted by molar-refractivity contribution is 0.411. The predicted octanol–water partition coefficient (Wildman–Crippen LogP) is 3.33. The second-order valence-electron chi connectivity index (χ2n) is 3.99. The molecule has 1 unspecified atom stereocenters. The topological polar surface area (TPSA) is 25.2 Å². The van der Waals surface area contributed by atoms with Crippen LogP contribution in [0.1, 0.15) is 25.0 Å². The zero-order valence-corrected chi connectivity index (χ0v) is 10.9. The molecule has 0 fully saturated rings. The molecule has 3 heteroatoms. The van der Waals surface area contributed by atoms with E-state index in [1.165, 1.54) is 19.3 Å². The molecular formula is C12H16INO. The Hall–Kier alpha value is -0.290. The maximum absolute atomic E-state index is 5.48. The molecule has 0 amide bonds. The van der Waals surface area contributed by atoms with Gasteiger partial charge in [-0.05, 0) is 66.4 Å². The summed E-state index contributed by atoms with van der Waals surface area (Å²) in [6, 6.07) is 4.04. The third-order valence-corrected chi connectivity index (χ3v) is 3.32. The van der Waals surface area contributed by atoms with Crippen molar-refractivity contribution in [3.05, 3.63) is 33.8 Å². The van der Waals surface area contributed by atoms with Crippen molar-refractivity contribution in [3.8, 4) is 0 Å². The second-order valence-corrected chi connectivity index (χ2v) is 5.05. The standard InChI is InChI=1S/C12H16INO/c13-12-7-6-11(15-12)9-14-8-10-4-2-1-3-5-10/h1-2,6-7,10,14H,3-5,8-9H2. The normalized spacial score (nSPS) is 20.7. The number of hydrogen-bond donors (Lipinski definition) is 1. The van der Waals surface area contributed by atoms with Crippen molar-refractivity contribution in [1.29, 1.82) is 0 Å². The molecule has 0 saturated carbocycles. The first kappa shape index (κ1) is 11.2. The lowest BCUT2D eigenvalue weighted by atomic mass is 9.94. The summed E-state index contributed by atoms with van der Waals surface area (Å²) in [6.45, 7) is 1.95. The molecule has 2 rings (SSSR count). The molecule has 0 bridgehead atoms. The van der Waals surface area contributed by atoms with Gasteiger partial charge in [-0.3, -0.25) is 0 Å². The van der Waals surface area contributed by atoms with Crippen LogP contribution in [0.3, 0.4) is 0 Å². The Morgan fingerprint density at radius 1 is 1.40 bits per heavy atom. The highest BCUT2D eigenvalue weighted by molar-refractivity contribution is 14.1. The lowest BCUT2D eigenvalue weighted by Crippen LogP contribution is -2.22. The van der Waals surface area contributed by atoms with Crippen molar-refractivity contribution in [3.63, 3.8) is 0 Å². The second kappa shape index (κ2) is 5.70. The Labute approximate surface area is 104 Å². The number of rotatable bonds is 4. The maximum atomic E-state index is 5.48. The summed E-state index contributed by atoms with van der Waals surface area (Å²) in [5.41, 5.74) is 0. The van der Waals surface area contributed by atoms with Crippen LogP contribution in [0.15, 0.2) is 28.7 Å². The zero-order valence-electron chi connectivity index (χ0n) is 8.71. The number of nitrogens with one attached hydrogen (secondary N) is 1. The van der Waals surface area contributed by atoms with Crippen LogP contribution in [0.2, 0.25) is 0 Å². The van der Waals surface area contributed by atoms with E-state index in [0.29, 0.717) is 0 Å². The summed E-state index contributed by atoms with van der Waals surface area (Å²) >= 11 is 2.19. The number of hydrogen-bond acceptors (Lipinski definition) is 2. The SMILES string of the molecule is Ic1ccc(CNCC2CC=CCC2)o1. The molecule has 1 aromatic heterocycles. The van der Waals surface area contributed by atoms with Gasteiger partial charge in [0.05, 0.1) is 6.54 Å². The Morgan fingerprint density at radius 2 is 2.33 bits per heavy atom. The minimum atomic E-state index is 0.809. The van der Waals surface area contributed by atoms with Crippen molar-refractivity contribution in [2.75, 3.05) is 6.54 Å². The largest absolute Gasteiger partial charge is 0.454 e. The molecular weight excluding hydrogens is 301 g/mol. The van der Waals surface area contributed by atoms with Crippen molar-refractivity contribution in [2.45, 2.75) is 25.8 Å². The highest BCUT2D eigenvalue weighted by Gasteiger charge is 2.09.